The largest absolute Gasteiger partial charge is 0.497 e. The van der Waals surface area contributed by atoms with E-state index in [4.69, 9.17) is 9.47 Å². The molecule has 0 unspecified atom stereocenters. The third kappa shape index (κ3) is 3.70. The number of methoxy groups -OCH3 is 2. The maximum absolute atomic E-state index is 13.3. The zero-order valence-corrected chi connectivity index (χ0v) is 18.3. The van der Waals surface area contributed by atoms with Gasteiger partial charge >= 0.3 is 0 Å². The van der Waals surface area contributed by atoms with Crippen LogP contribution in [0.25, 0.3) is 16.7 Å². The maximum Gasteiger partial charge on any atom is 0.266 e. The molecule has 0 fully saturated rings. The first-order chi connectivity index (χ1) is 15.4. The third-order valence-corrected chi connectivity index (χ3v) is 6.27. The molecule has 0 saturated carbocycles. The fourth-order valence-electron chi connectivity index (χ4n) is 3.32. The Morgan fingerprint density at radius 3 is 2.59 bits per heavy atom. The van der Waals surface area contributed by atoms with Crippen molar-refractivity contribution < 1.29 is 17.9 Å². The monoisotopic (exact) mass is 449 g/mol. The second kappa shape index (κ2) is 8.20. The van der Waals surface area contributed by atoms with E-state index < -0.39 is 10.0 Å². The Labute approximate surface area is 184 Å². The van der Waals surface area contributed by atoms with Gasteiger partial charge in [-0.15, -0.1) is 0 Å². The van der Waals surface area contributed by atoms with Gasteiger partial charge in [-0.3, -0.25) is 4.72 Å². The van der Waals surface area contributed by atoms with Crippen LogP contribution in [0, 0.1) is 18.3 Å². The van der Waals surface area contributed by atoms with E-state index in [1.807, 2.05) is 37.3 Å². The number of hydrogen-bond acceptors (Lipinski definition) is 7. The van der Waals surface area contributed by atoms with Crippen molar-refractivity contribution in [3.63, 3.8) is 0 Å². The van der Waals surface area contributed by atoms with Crippen LogP contribution >= 0.6 is 0 Å². The second-order valence-electron chi connectivity index (χ2n) is 6.87. The van der Waals surface area contributed by atoms with E-state index in [9.17, 15) is 13.7 Å². The predicted octanol–water partition coefficient (Wildman–Crippen LogP) is 3.42. The maximum atomic E-state index is 13.3. The molecule has 0 atom stereocenters. The third-order valence-electron chi connectivity index (χ3n) is 4.91. The molecule has 2 heterocycles. The molecule has 162 valence electrons. The number of para-hydroxylation sites is 1. The number of nitrogens with one attached hydrogen (secondary N) is 1. The van der Waals surface area contributed by atoms with Crippen LogP contribution in [0.5, 0.6) is 11.5 Å². The Morgan fingerprint density at radius 2 is 1.88 bits per heavy atom. The number of pyridine rings is 1. The highest BCUT2D eigenvalue weighted by Gasteiger charge is 2.25. The summed E-state index contributed by atoms with van der Waals surface area (Å²) in [7, 11) is -1.37. The molecule has 2 aromatic carbocycles. The first-order valence-corrected chi connectivity index (χ1v) is 11.0. The van der Waals surface area contributed by atoms with Gasteiger partial charge < -0.3 is 9.47 Å². The number of hydrogen-bond donors (Lipinski definition) is 1. The van der Waals surface area contributed by atoms with Crippen molar-refractivity contribution in [3.8, 4) is 23.4 Å². The van der Waals surface area contributed by atoms with Gasteiger partial charge in [0.25, 0.3) is 10.0 Å². The summed E-state index contributed by atoms with van der Waals surface area (Å²) in [5.41, 5.74) is 1.70. The number of ether oxygens (including phenoxy) is 2. The summed E-state index contributed by atoms with van der Waals surface area (Å²) in [4.78, 5) is 4.45. The minimum atomic E-state index is -4.17. The van der Waals surface area contributed by atoms with Crippen LogP contribution in [0.3, 0.4) is 0 Å². The molecule has 0 aliphatic rings. The lowest BCUT2D eigenvalue weighted by molar-refractivity contribution is 0.392. The Hall–Kier alpha value is -4.10. The normalized spacial score (nSPS) is 11.2. The number of aryl methyl sites for hydroxylation is 1. The Balaban J connectivity index is 1.85. The highest BCUT2D eigenvalue weighted by molar-refractivity contribution is 7.92. The highest BCUT2D eigenvalue weighted by Crippen LogP contribution is 2.31. The lowest BCUT2D eigenvalue weighted by Gasteiger charge is -2.14. The zero-order valence-electron chi connectivity index (χ0n) is 17.5. The predicted molar refractivity (Wildman–Crippen MR) is 119 cm³/mol. The Kier molecular flexibility index (Phi) is 5.42. The van der Waals surface area contributed by atoms with Crippen molar-refractivity contribution in [1.29, 1.82) is 5.26 Å². The first kappa shape index (κ1) is 21.1. The summed E-state index contributed by atoms with van der Waals surface area (Å²) < 4.78 is 40.6. The average molecular weight is 449 g/mol. The van der Waals surface area contributed by atoms with Crippen LogP contribution in [0.2, 0.25) is 0 Å². The Bertz CT molecular complexity index is 1470. The summed E-state index contributed by atoms with van der Waals surface area (Å²) in [6.07, 6.45) is 1.28. The summed E-state index contributed by atoms with van der Waals surface area (Å²) in [5.74, 6) is 0.812. The van der Waals surface area contributed by atoms with E-state index in [1.165, 1.54) is 37.2 Å². The van der Waals surface area contributed by atoms with Crippen molar-refractivity contribution in [2.75, 3.05) is 18.9 Å². The van der Waals surface area contributed by atoms with Crippen molar-refractivity contribution in [2.24, 2.45) is 0 Å². The number of anilines is 1. The quantitative estimate of drug-likeness (QED) is 0.479. The molecule has 4 aromatic rings. The number of aromatic nitrogens is 3. The standard InChI is InChI=1S/C22H19N5O4S/c1-14-10-21(25-18-7-5-4-6-17(14)18)27-22(15(12-23)13-24-27)26-32(28,29)20-11-16(30-2)8-9-19(20)31-3/h4-11,13,26H,1-3H3. The molecule has 2 aromatic heterocycles. The van der Waals surface area contributed by atoms with Crippen LogP contribution in [0.1, 0.15) is 11.1 Å². The van der Waals surface area contributed by atoms with Gasteiger partial charge in [-0.25, -0.2) is 13.4 Å². The smallest absolute Gasteiger partial charge is 0.266 e. The molecule has 0 amide bonds. The number of nitrogens with zero attached hydrogens (tertiary/aromatic N) is 4. The fourth-order valence-corrected chi connectivity index (χ4v) is 4.57. The van der Waals surface area contributed by atoms with Gasteiger partial charge in [0.05, 0.1) is 25.9 Å². The highest BCUT2D eigenvalue weighted by atomic mass is 32.2. The first-order valence-electron chi connectivity index (χ1n) is 9.47. The van der Waals surface area contributed by atoms with E-state index >= 15 is 0 Å². The molecule has 4 rings (SSSR count). The van der Waals surface area contributed by atoms with Crippen LogP contribution in [-0.2, 0) is 10.0 Å². The average Bonchev–Trinajstić information content (AvgIpc) is 3.20. The van der Waals surface area contributed by atoms with Crippen molar-refractivity contribution in [3.05, 3.63) is 65.9 Å². The fraction of sp³-hybridized carbons (Fsp3) is 0.136. The summed E-state index contributed by atoms with van der Waals surface area (Å²) >= 11 is 0. The van der Waals surface area contributed by atoms with Crippen LogP contribution in [0.15, 0.2) is 59.6 Å². The molecule has 0 radical (unpaired) electrons. The van der Waals surface area contributed by atoms with Gasteiger partial charge in [-0.1, -0.05) is 18.2 Å². The molecule has 9 nitrogen and oxygen atoms in total. The molecule has 0 bridgehead atoms. The van der Waals surface area contributed by atoms with E-state index in [0.29, 0.717) is 11.6 Å². The summed E-state index contributed by atoms with van der Waals surface area (Å²) in [5, 5.41) is 14.7. The number of rotatable bonds is 6. The van der Waals surface area contributed by atoms with Gasteiger partial charge in [-0.2, -0.15) is 15.0 Å². The number of nitriles is 1. The van der Waals surface area contributed by atoms with E-state index in [-0.39, 0.29) is 22.0 Å². The van der Waals surface area contributed by atoms with E-state index in [1.54, 1.807) is 12.1 Å². The van der Waals surface area contributed by atoms with Crippen molar-refractivity contribution in [2.45, 2.75) is 11.8 Å². The molecule has 0 aliphatic carbocycles. The molecule has 32 heavy (non-hydrogen) atoms. The van der Waals surface area contributed by atoms with Crippen molar-refractivity contribution in [1.82, 2.24) is 14.8 Å². The SMILES string of the molecule is COc1ccc(OC)c(S(=O)(=O)Nc2c(C#N)cnn2-c2cc(C)c3ccccc3n2)c1. The molecular formula is C22H19N5O4S. The van der Waals surface area contributed by atoms with Gasteiger partial charge in [0.1, 0.15) is 28.0 Å². The molecule has 0 saturated heterocycles. The number of fused-ring (bicyclic) bond motifs is 1. The van der Waals surface area contributed by atoms with Gasteiger partial charge in [-0.05, 0) is 36.8 Å². The number of benzene rings is 2. The molecule has 0 spiro atoms. The van der Waals surface area contributed by atoms with Crippen LogP contribution < -0.4 is 14.2 Å². The van der Waals surface area contributed by atoms with Crippen molar-refractivity contribution >= 4 is 26.7 Å². The molecular weight excluding hydrogens is 430 g/mol. The second-order valence-corrected chi connectivity index (χ2v) is 8.52. The Morgan fingerprint density at radius 1 is 1.09 bits per heavy atom. The summed E-state index contributed by atoms with van der Waals surface area (Å²) in [6.45, 7) is 1.92. The van der Waals surface area contributed by atoms with Crippen LogP contribution in [-0.4, -0.2) is 37.4 Å². The van der Waals surface area contributed by atoms with Gasteiger partial charge in [0.2, 0.25) is 0 Å². The zero-order chi connectivity index (χ0) is 22.9. The van der Waals surface area contributed by atoms with E-state index in [0.717, 1.165) is 16.5 Å². The minimum absolute atomic E-state index is 0.0282. The molecule has 0 aliphatic heterocycles. The molecule has 10 heteroatoms. The molecule has 1 N–H and O–H groups in total. The lowest BCUT2D eigenvalue weighted by atomic mass is 10.1. The minimum Gasteiger partial charge on any atom is -0.497 e. The van der Waals surface area contributed by atoms with Crippen LogP contribution in [0.4, 0.5) is 5.82 Å². The summed E-state index contributed by atoms with van der Waals surface area (Å²) in [6, 6.07) is 15.7. The van der Waals surface area contributed by atoms with Gasteiger partial charge in [0.15, 0.2) is 11.6 Å². The lowest BCUT2D eigenvalue weighted by Crippen LogP contribution is -2.18. The van der Waals surface area contributed by atoms with E-state index in [2.05, 4.69) is 14.8 Å². The van der Waals surface area contributed by atoms with Gasteiger partial charge in [0, 0.05) is 11.5 Å². The topological polar surface area (TPSA) is 119 Å². The number of sulfonamides is 1.